The molecule has 0 heterocycles. The van der Waals surface area contributed by atoms with Crippen LogP contribution in [-0.2, 0) is 11.2 Å². The fraction of sp³-hybridized carbons (Fsp3) is 0.350. The van der Waals surface area contributed by atoms with Gasteiger partial charge in [-0.1, -0.05) is 17.7 Å². The SMILES string of the molecule is COc1cc(CCC(=O)Oc2ccc(C)cc2C)cc(OC)c1OC. The summed E-state index contributed by atoms with van der Waals surface area (Å²) in [4.78, 5) is 12.1. The van der Waals surface area contributed by atoms with Crippen LogP contribution in [0.1, 0.15) is 23.1 Å². The Hall–Kier alpha value is -2.69. The van der Waals surface area contributed by atoms with E-state index < -0.39 is 0 Å². The van der Waals surface area contributed by atoms with Crippen molar-refractivity contribution in [3.8, 4) is 23.0 Å². The van der Waals surface area contributed by atoms with E-state index in [4.69, 9.17) is 18.9 Å². The molecule has 0 spiro atoms. The average Bonchev–Trinajstić information content (AvgIpc) is 2.61. The molecule has 0 aliphatic heterocycles. The second kappa shape index (κ2) is 8.42. The van der Waals surface area contributed by atoms with Crippen molar-refractivity contribution in [2.24, 2.45) is 0 Å². The van der Waals surface area contributed by atoms with E-state index in [9.17, 15) is 4.79 Å². The molecule has 134 valence electrons. The number of hydrogen-bond donors (Lipinski definition) is 0. The van der Waals surface area contributed by atoms with Crippen LogP contribution in [0.2, 0.25) is 0 Å². The van der Waals surface area contributed by atoms with Gasteiger partial charge in [-0.25, -0.2) is 0 Å². The summed E-state index contributed by atoms with van der Waals surface area (Å²) in [6.45, 7) is 3.93. The van der Waals surface area contributed by atoms with Crippen LogP contribution in [0.4, 0.5) is 0 Å². The van der Waals surface area contributed by atoms with Crippen molar-refractivity contribution in [3.05, 3.63) is 47.0 Å². The topological polar surface area (TPSA) is 54.0 Å². The van der Waals surface area contributed by atoms with Crippen molar-refractivity contribution in [3.63, 3.8) is 0 Å². The predicted octanol–water partition coefficient (Wildman–Crippen LogP) is 3.87. The maximum absolute atomic E-state index is 12.1. The van der Waals surface area contributed by atoms with E-state index in [1.54, 1.807) is 21.3 Å². The molecule has 0 atom stereocenters. The molecule has 0 radical (unpaired) electrons. The summed E-state index contributed by atoms with van der Waals surface area (Å²) in [5.41, 5.74) is 2.99. The van der Waals surface area contributed by atoms with Gasteiger partial charge in [-0.2, -0.15) is 0 Å². The zero-order valence-electron chi connectivity index (χ0n) is 15.3. The molecule has 0 aliphatic carbocycles. The van der Waals surface area contributed by atoms with Gasteiger partial charge in [-0.3, -0.25) is 4.79 Å². The first-order valence-corrected chi connectivity index (χ1v) is 8.05. The van der Waals surface area contributed by atoms with Gasteiger partial charge in [0.1, 0.15) is 5.75 Å². The second-order valence-electron chi connectivity index (χ2n) is 5.78. The Balaban J connectivity index is 2.06. The lowest BCUT2D eigenvalue weighted by molar-refractivity contribution is -0.134. The minimum absolute atomic E-state index is 0.256. The highest BCUT2D eigenvalue weighted by molar-refractivity contribution is 5.73. The zero-order valence-corrected chi connectivity index (χ0v) is 15.3. The van der Waals surface area contributed by atoms with Gasteiger partial charge in [-0.05, 0) is 49.6 Å². The van der Waals surface area contributed by atoms with Gasteiger partial charge in [0.15, 0.2) is 11.5 Å². The first-order valence-electron chi connectivity index (χ1n) is 8.05. The average molecular weight is 344 g/mol. The summed E-state index contributed by atoms with van der Waals surface area (Å²) < 4.78 is 21.4. The standard InChI is InChI=1S/C20H24O5/c1-13-6-8-16(14(2)10-13)25-19(21)9-7-15-11-17(22-3)20(24-5)18(12-15)23-4/h6,8,10-12H,7,9H2,1-5H3. The molecule has 2 aromatic rings. The van der Waals surface area contributed by atoms with Crippen LogP contribution >= 0.6 is 0 Å². The molecule has 5 heteroatoms. The summed E-state index contributed by atoms with van der Waals surface area (Å²) in [6.07, 6.45) is 0.770. The summed E-state index contributed by atoms with van der Waals surface area (Å²) in [7, 11) is 4.69. The molecule has 0 amide bonds. The highest BCUT2D eigenvalue weighted by atomic mass is 16.5. The Kier molecular flexibility index (Phi) is 6.28. The Bertz CT molecular complexity index is 727. The first-order chi connectivity index (χ1) is 12.0. The molecular formula is C20H24O5. The van der Waals surface area contributed by atoms with Gasteiger partial charge in [-0.15, -0.1) is 0 Å². The third-order valence-corrected chi connectivity index (χ3v) is 3.90. The number of aryl methyl sites for hydroxylation is 3. The molecule has 5 nitrogen and oxygen atoms in total. The summed E-state index contributed by atoms with van der Waals surface area (Å²) in [6, 6.07) is 9.41. The fourth-order valence-corrected chi connectivity index (χ4v) is 2.61. The van der Waals surface area contributed by atoms with E-state index >= 15 is 0 Å². The summed E-state index contributed by atoms with van der Waals surface area (Å²) >= 11 is 0. The number of carbonyl (C=O) groups excluding carboxylic acids is 1. The maximum Gasteiger partial charge on any atom is 0.311 e. The minimum Gasteiger partial charge on any atom is -0.493 e. The number of rotatable bonds is 7. The molecule has 0 fully saturated rings. The van der Waals surface area contributed by atoms with Gasteiger partial charge < -0.3 is 18.9 Å². The molecule has 25 heavy (non-hydrogen) atoms. The Labute approximate surface area is 148 Å². The highest BCUT2D eigenvalue weighted by Gasteiger charge is 2.14. The van der Waals surface area contributed by atoms with E-state index in [1.807, 2.05) is 44.2 Å². The molecule has 0 saturated carbocycles. The summed E-state index contributed by atoms with van der Waals surface area (Å²) in [5, 5.41) is 0. The van der Waals surface area contributed by atoms with Gasteiger partial charge in [0.05, 0.1) is 21.3 Å². The number of benzene rings is 2. The number of methoxy groups -OCH3 is 3. The van der Waals surface area contributed by atoms with E-state index in [-0.39, 0.29) is 12.4 Å². The molecule has 0 aromatic heterocycles. The van der Waals surface area contributed by atoms with Crippen LogP contribution < -0.4 is 18.9 Å². The van der Waals surface area contributed by atoms with Crippen LogP contribution in [0.25, 0.3) is 0 Å². The smallest absolute Gasteiger partial charge is 0.311 e. The van der Waals surface area contributed by atoms with Crippen LogP contribution in [0.15, 0.2) is 30.3 Å². The number of hydrogen-bond acceptors (Lipinski definition) is 5. The van der Waals surface area contributed by atoms with Crippen LogP contribution in [0, 0.1) is 13.8 Å². The number of esters is 1. The Morgan fingerprint density at radius 2 is 1.52 bits per heavy atom. The van der Waals surface area contributed by atoms with Crippen molar-refractivity contribution >= 4 is 5.97 Å². The molecular weight excluding hydrogens is 320 g/mol. The zero-order chi connectivity index (χ0) is 18.4. The van der Waals surface area contributed by atoms with E-state index in [0.29, 0.717) is 29.4 Å². The lowest BCUT2D eigenvalue weighted by Gasteiger charge is -2.14. The molecule has 2 rings (SSSR count). The Morgan fingerprint density at radius 1 is 0.880 bits per heavy atom. The van der Waals surface area contributed by atoms with Crippen molar-refractivity contribution in [1.82, 2.24) is 0 Å². The van der Waals surface area contributed by atoms with Gasteiger partial charge in [0.25, 0.3) is 0 Å². The van der Waals surface area contributed by atoms with Crippen LogP contribution in [0.3, 0.4) is 0 Å². The third-order valence-electron chi connectivity index (χ3n) is 3.90. The lowest BCUT2D eigenvalue weighted by Crippen LogP contribution is -2.10. The molecule has 0 N–H and O–H groups in total. The van der Waals surface area contributed by atoms with E-state index in [0.717, 1.165) is 16.7 Å². The quantitative estimate of drug-likeness (QED) is 0.564. The molecule has 0 unspecified atom stereocenters. The van der Waals surface area contributed by atoms with Gasteiger partial charge in [0, 0.05) is 6.42 Å². The van der Waals surface area contributed by atoms with Crippen LogP contribution in [-0.4, -0.2) is 27.3 Å². The van der Waals surface area contributed by atoms with E-state index in [1.165, 1.54) is 0 Å². The number of ether oxygens (including phenoxy) is 4. The van der Waals surface area contributed by atoms with Crippen molar-refractivity contribution in [1.29, 1.82) is 0 Å². The third kappa shape index (κ3) is 4.66. The maximum atomic E-state index is 12.1. The second-order valence-corrected chi connectivity index (χ2v) is 5.78. The van der Waals surface area contributed by atoms with Crippen LogP contribution in [0.5, 0.6) is 23.0 Å². The minimum atomic E-state index is -0.277. The summed E-state index contributed by atoms with van der Waals surface area (Å²) in [5.74, 6) is 1.99. The highest BCUT2D eigenvalue weighted by Crippen LogP contribution is 2.38. The molecule has 0 bridgehead atoms. The Morgan fingerprint density at radius 3 is 2.04 bits per heavy atom. The monoisotopic (exact) mass is 344 g/mol. The first kappa shape index (κ1) is 18.6. The van der Waals surface area contributed by atoms with Crippen molar-refractivity contribution < 1.29 is 23.7 Å². The fourth-order valence-electron chi connectivity index (χ4n) is 2.61. The largest absolute Gasteiger partial charge is 0.493 e. The molecule has 0 saturated heterocycles. The van der Waals surface area contributed by atoms with Gasteiger partial charge in [0.2, 0.25) is 5.75 Å². The predicted molar refractivity (Wildman–Crippen MR) is 96.0 cm³/mol. The van der Waals surface area contributed by atoms with Crippen molar-refractivity contribution in [2.45, 2.75) is 26.7 Å². The normalized spacial score (nSPS) is 10.3. The van der Waals surface area contributed by atoms with Crippen molar-refractivity contribution in [2.75, 3.05) is 21.3 Å². The van der Waals surface area contributed by atoms with Gasteiger partial charge >= 0.3 is 5.97 Å². The molecule has 2 aromatic carbocycles. The number of carbonyl (C=O) groups is 1. The lowest BCUT2D eigenvalue weighted by atomic mass is 10.1. The van der Waals surface area contributed by atoms with E-state index in [2.05, 4.69) is 0 Å². The molecule has 0 aliphatic rings.